The van der Waals surface area contributed by atoms with E-state index in [0.29, 0.717) is 34.1 Å². The summed E-state index contributed by atoms with van der Waals surface area (Å²) in [5, 5.41) is 9.31. The first-order valence-electron chi connectivity index (χ1n) is 12.9. The molecule has 3 N–H and O–H groups in total. The fourth-order valence-electron chi connectivity index (χ4n) is 4.59. The van der Waals surface area contributed by atoms with Crippen molar-refractivity contribution in [3.63, 3.8) is 0 Å². The van der Waals surface area contributed by atoms with E-state index in [4.69, 9.17) is 11.6 Å². The van der Waals surface area contributed by atoms with Crippen molar-refractivity contribution in [2.75, 3.05) is 24.2 Å². The second-order valence-corrected chi connectivity index (χ2v) is 10.0. The van der Waals surface area contributed by atoms with Crippen molar-refractivity contribution in [1.29, 1.82) is 0 Å². The lowest BCUT2D eigenvalue weighted by Crippen LogP contribution is -2.36. The molecule has 198 valence electrons. The number of nitrogens with one attached hydrogen (secondary N) is 3. The van der Waals surface area contributed by atoms with Gasteiger partial charge in [-0.3, -0.25) is 14.4 Å². The van der Waals surface area contributed by atoms with Gasteiger partial charge in [-0.15, -0.1) is 0 Å². The molecule has 0 heterocycles. The van der Waals surface area contributed by atoms with Gasteiger partial charge in [-0.2, -0.15) is 0 Å². The van der Waals surface area contributed by atoms with Crippen LogP contribution in [0.15, 0.2) is 72.8 Å². The minimum Gasteiger partial charge on any atom is -0.376 e. The fourth-order valence-corrected chi connectivity index (χ4v) is 4.79. The number of hydrogen-bond donors (Lipinski definition) is 3. The lowest BCUT2D eigenvalue weighted by atomic mass is 9.95. The van der Waals surface area contributed by atoms with Crippen LogP contribution in [0, 0.1) is 0 Å². The van der Waals surface area contributed by atoms with Crippen LogP contribution in [0.1, 0.15) is 58.4 Å². The number of benzene rings is 3. The molecule has 0 atom stereocenters. The molecule has 0 aromatic heterocycles. The second-order valence-electron chi connectivity index (χ2n) is 9.63. The second kappa shape index (κ2) is 13.1. The molecular weight excluding hydrogens is 500 g/mol. The number of hydrogen-bond acceptors (Lipinski definition) is 4. The van der Waals surface area contributed by atoms with Crippen molar-refractivity contribution in [3.05, 3.63) is 94.5 Å². The summed E-state index contributed by atoms with van der Waals surface area (Å²) in [6.07, 6.45) is 5.42. The van der Waals surface area contributed by atoms with Crippen LogP contribution in [0.5, 0.6) is 0 Å². The van der Waals surface area contributed by atoms with Crippen molar-refractivity contribution >= 4 is 40.7 Å². The number of halogens is 1. The first-order valence-corrected chi connectivity index (χ1v) is 13.3. The summed E-state index contributed by atoms with van der Waals surface area (Å²) >= 11 is 6.29. The molecule has 1 fully saturated rings. The van der Waals surface area contributed by atoms with Crippen LogP contribution in [-0.2, 0) is 11.3 Å². The van der Waals surface area contributed by atoms with Gasteiger partial charge in [-0.25, -0.2) is 0 Å². The Morgan fingerprint density at radius 1 is 0.895 bits per heavy atom. The maximum Gasteiger partial charge on any atom is 0.253 e. The van der Waals surface area contributed by atoms with E-state index in [0.717, 1.165) is 31.2 Å². The smallest absolute Gasteiger partial charge is 0.253 e. The van der Waals surface area contributed by atoms with E-state index in [9.17, 15) is 14.4 Å². The molecule has 1 aliphatic carbocycles. The predicted octanol–water partition coefficient (Wildman–Crippen LogP) is 5.73. The molecule has 0 radical (unpaired) electrons. The highest BCUT2D eigenvalue weighted by molar-refractivity contribution is 6.34. The maximum absolute atomic E-state index is 12.9. The average Bonchev–Trinajstić information content (AvgIpc) is 2.93. The normalized spacial score (nSPS) is 13.4. The number of carbonyl (C=O) groups excluding carboxylic acids is 3. The third-order valence-electron chi connectivity index (χ3n) is 6.61. The summed E-state index contributed by atoms with van der Waals surface area (Å²) in [5.41, 5.74) is 3.05. The van der Waals surface area contributed by atoms with E-state index in [1.807, 2.05) is 30.3 Å². The Balaban J connectivity index is 1.31. The Labute approximate surface area is 228 Å². The topological polar surface area (TPSA) is 90.5 Å². The van der Waals surface area contributed by atoms with Crippen LogP contribution in [0.25, 0.3) is 0 Å². The first-order chi connectivity index (χ1) is 18.4. The first kappa shape index (κ1) is 27.2. The number of nitrogens with zero attached hydrogens (tertiary/aromatic N) is 1. The van der Waals surface area contributed by atoms with Gasteiger partial charge in [0.25, 0.3) is 11.8 Å². The van der Waals surface area contributed by atoms with Crippen molar-refractivity contribution < 1.29 is 14.4 Å². The third-order valence-corrected chi connectivity index (χ3v) is 6.94. The zero-order valence-electron chi connectivity index (χ0n) is 21.5. The van der Waals surface area contributed by atoms with Crippen LogP contribution in [0.3, 0.4) is 0 Å². The Bertz CT molecular complexity index is 1280. The van der Waals surface area contributed by atoms with Crippen molar-refractivity contribution in [1.82, 2.24) is 10.2 Å². The van der Waals surface area contributed by atoms with Crippen molar-refractivity contribution in [2.24, 2.45) is 0 Å². The quantitative estimate of drug-likeness (QED) is 0.328. The van der Waals surface area contributed by atoms with Gasteiger partial charge in [0.1, 0.15) is 0 Å². The molecule has 3 amide bonds. The standard InChI is InChI=1S/C30H33ClN4O3/c1-35(20-21-9-4-2-5-10-21)30(38)22-11-8-14-25(17-22)33-28(36)19-32-24-15-16-27(31)26(18-24)29(37)34-23-12-6-3-7-13-23/h2,4-5,8-11,14-18,23,32H,3,6-7,12-13,19-20H2,1H3,(H,33,36)(H,34,37). The van der Waals surface area contributed by atoms with Crippen LogP contribution in [-0.4, -0.2) is 42.3 Å². The van der Waals surface area contributed by atoms with Gasteiger partial charge in [0.15, 0.2) is 0 Å². The van der Waals surface area contributed by atoms with E-state index in [-0.39, 0.29) is 30.3 Å². The minimum atomic E-state index is -0.282. The van der Waals surface area contributed by atoms with Gasteiger partial charge >= 0.3 is 0 Å². The molecule has 1 aliphatic rings. The molecule has 0 unspecified atom stereocenters. The monoisotopic (exact) mass is 532 g/mol. The van der Waals surface area contributed by atoms with Gasteiger partial charge in [0, 0.05) is 36.6 Å². The zero-order valence-corrected chi connectivity index (χ0v) is 22.3. The summed E-state index contributed by atoms with van der Waals surface area (Å²) in [6, 6.07) is 21.9. The summed E-state index contributed by atoms with van der Waals surface area (Å²) in [5.74, 6) is -0.618. The van der Waals surface area contributed by atoms with E-state index in [1.54, 1.807) is 54.4 Å². The highest BCUT2D eigenvalue weighted by Gasteiger charge is 2.19. The van der Waals surface area contributed by atoms with Gasteiger partial charge < -0.3 is 20.9 Å². The van der Waals surface area contributed by atoms with Gasteiger partial charge in [0.05, 0.1) is 17.1 Å². The van der Waals surface area contributed by atoms with Gasteiger partial charge in [-0.05, 0) is 54.8 Å². The highest BCUT2D eigenvalue weighted by atomic mass is 35.5. The molecule has 1 saturated carbocycles. The van der Waals surface area contributed by atoms with E-state index < -0.39 is 0 Å². The number of anilines is 2. The molecule has 0 spiro atoms. The van der Waals surface area contributed by atoms with Crippen LogP contribution >= 0.6 is 11.6 Å². The molecule has 0 bridgehead atoms. The van der Waals surface area contributed by atoms with Crippen LogP contribution in [0.2, 0.25) is 5.02 Å². The Morgan fingerprint density at radius 2 is 1.66 bits per heavy atom. The van der Waals surface area contributed by atoms with Crippen LogP contribution in [0.4, 0.5) is 11.4 Å². The molecule has 0 aliphatic heterocycles. The number of carbonyl (C=O) groups is 3. The number of amides is 3. The lowest BCUT2D eigenvalue weighted by Gasteiger charge is -2.23. The van der Waals surface area contributed by atoms with Gasteiger partial charge in [-0.1, -0.05) is 67.3 Å². The average molecular weight is 533 g/mol. The highest BCUT2D eigenvalue weighted by Crippen LogP contribution is 2.23. The summed E-state index contributed by atoms with van der Waals surface area (Å²) < 4.78 is 0. The molecule has 7 nitrogen and oxygen atoms in total. The minimum absolute atomic E-state index is 0.0165. The van der Waals surface area contributed by atoms with E-state index >= 15 is 0 Å². The molecule has 8 heteroatoms. The predicted molar refractivity (Wildman–Crippen MR) is 152 cm³/mol. The Hall–Kier alpha value is -3.84. The SMILES string of the molecule is CN(Cc1ccccc1)C(=O)c1cccc(NC(=O)CNc2ccc(Cl)c(C(=O)NC3CCCCC3)c2)c1. The zero-order chi connectivity index (χ0) is 26.9. The van der Waals surface area contributed by atoms with Gasteiger partial charge in [0.2, 0.25) is 5.91 Å². The summed E-state index contributed by atoms with van der Waals surface area (Å²) in [7, 11) is 1.75. The summed E-state index contributed by atoms with van der Waals surface area (Å²) in [4.78, 5) is 39.9. The molecule has 3 aromatic carbocycles. The third kappa shape index (κ3) is 7.59. The van der Waals surface area contributed by atoms with Crippen molar-refractivity contribution in [2.45, 2.75) is 44.7 Å². The fraction of sp³-hybridized carbons (Fsp3) is 0.300. The summed E-state index contributed by atoms with van der Waals surface area (Å²) in [6.45, 7) is 0.472. The Kier molecular flexibility index (Phi) is 9.38. The lowest BCUT2D eigenvalue weighted by molar-refractivity contribution is -0.114. The van der Waals surface area contributed by atoms with Crippen LogP contribution < -0.4 is 16.0 Å². The van der Waals surface area contributed by atoms with Crippen molar-refractivity contribution in [3.8, 4) is 0 Å². The molecule has 0 saturated heterocycles. The largest absolute Gasteiger partial charge is 0.376 e. The molecule has 3 aromatic rings. The van der Waals surface area contributed by atoms with E-state index in [1.165, 1.54) is 6.42 Å². The Morgan fingerprint density at radius 3 is 2.42 bits per heavy atom. The molecular formula is C30H33ClN4O3. The number of rotatable bonds is 9. The maximum atomic E-state index is 12.9. The molecule has 38 heavy (non-hydrogen) atoms. The molecule has 4 rings (SSSR count). The van der Waals surface area contributed by atoms with E-state index in [2.05, 4.69) is 16.0 Å².